The predicted molar refractivity (Wildman–Crippen MR) is 84.3 cm³/mol. The van der Waals surface area contributed by atoms with Gasteiger partial charge in [0.05, 0.1) is 0 Å². The Hall–Kier alpha value is -1.58. The number of nitrogens with one attached hydrogen (secondary N) is 1. The molecule has 112 valence electrons. The van der Waals surface area contributed by atoms with E-state index in [4.69, 9.17) is 0 Å². The quantitative estimate of drug-likeness (QED) is 0.865. The van der Waals surface area contributed by atoms with Gasteiger partial charge in [-0.25, -0.2) is 4.98 Å². The van der Waals surface area contributed by atoms with Crippen molar-refractivity contribution in [3.63, 3.8) is 0 Å². The fourth-order valence-corrected chi connectivity index (χ4v) is 2.11. The van der Waals surface area contributed by atoms with Crippen LogP contribution in [0.4, 0.5) is 5.82 Å². The van der Waals surface area contributed by atoms with Crippen LogP contribution < -0.4 is 5.32 Å². The lowest BCUT2D eigenvalue weighted by Gasteiger charge is -2.25. The number of amides is 1. The van der Waals surface area contributed by atoms with Crippen LogP contribution in [-0.4, -0.2) is 35.9 Å². The lowest BCUT2D eigenvalue weighted by Crippen LogP contribution is -2.35. The first kappa shape index (κ1) is 16.5. The SMILES string of the molecule is CCCC(C)N(C)C(=O)c1cc(NC)nc(C(C)C)c1. The van der Waals surface area contributed by atoms with Crippen LogP contribution >= 0.6 is 0 Å². The highest BCUT2D eigenvalue weighted by Crippen LogP contribution is 2.19. The minimum Gasteiger partial charge on any atom is -0.373 e. The average molecular weight is 277 g/mol. The zero-order valence-electron chi connectivity index (χ0n) is 13.5. The number of hydrogen-bond donors (Lipinski definition) is 1. The summed E-state index contributed by atoms with van der Waals surface area (Å²) in [5.41, 5.74) is 1.65. The summed E-state index contributed by atoms with van der Waals surface area (Å²) in [7, 11) is 3.70. The van der Waals surface area contributed by atoms with Crippen molar-refractivity contribution < 1.29 is 4.79 Å². The first-order valence-corrected chi connectivity index (χ1v) is 7.37. The van der Waals surface area contributed by atoms with Gasteiger partial charge in [-0.05, 0) is 31.4 Å². The molecule has 1 N–H and O–H groups in total. The molecule has 0 bridgehead atoms. The molecule has 20 heavy (non-hydrogen) atoms. The number of pyridine rings is 1. The van der Waals surface area contributed by atoms with Crippen molar-refractivity contribution in [3.8, 4) is 0 Å². The molecule has 0 saturated heterocycles. The Morgan fingerprint density at radius 2 is 2.00 bits per heavy atom. The van der Waals surface area contributed by atoms with Crippen molar-refractivity contribution in [1.82, 2.24) is 9.88 Å². The maximum Gasteiger partial charge on any atom is 0.254 e. The second-order valence-corrected chi connectivity index (χ2v) is 5.62. The molecule has 1 aromatic rings. The van der Waals surface area contributed by atoms with Gasteiger partial charge in [-0.2, -0.15) is 0 Å². The van der Waals surface area contributed by atoms with Crippen molar-refractivity contribution in [1.29, 1.82) is 0 Å². The molecule has 1 rings (SSSR count). The second-order valence-electron chi connectivity index (χ2n) is 5.62. The summed E-state index contributed by atoms with van der Waals surface area (Å²) < 4.78 is 0. The number of nitrogens with zero attached hydrogens (tertiary/aromatic N) is 2. The molecule has 1 unspecified atom stereocenters. The van der Waals surface area contributed by atoms with Gasteiger partial charge < -0.3 is 10.2 Å². The van der Waals surface area contributed by atoms with Crippen LogP contribution in [0.5, 0.6) is 0 Å². The Kier molecular flexibility index (Phi) is 5.99. The Labute approximate surface area is 122 Å². The molecule has 0 aliphatic carbocycles. The van der Waals surface area contributed by atoms with Gasteiger partial charge in [0.25, 0.3) is 5.91 Å². The summed E-state index contributed by atoms with van der Waals surface area (Å²) in [6.07, 6.45) is 2.09. The summed E-state index contributed by atoms with van der Waals surface area (Å²) in [6, 6.07) is 3.98. The molecule has 1 amide bonds. The van der Waals surface area contributed by atoms with E-state index in [2.05, 4.69) is 38.0 Å². The summed E-state index contributed by atoms with van der Waals surface area (Å²) in [5, 5.41) is 3.03. The van der Waals surface area contributed by atoms with E-state index in [9.17, 15) is 4.79 Å². The standard InChI is InChI=1S/C16H27N3O/c1-7-8-12(4)19(6)16(20)13-9-14(11(2)3)18-15(10-13)17-5/h9-12H,7-8H2,1-6H3,(H,17,18). The zero-order chi connectivity index (χ0) is 15.3. The van der Waals surface area contributed by atoms with Gasteiger partial charge in [-0.1, -0.05) is 27.2 Å². The van der Waals surface area contributed by atoms with Crippen molar-refractivity contribution in [3.05, 3.63) is 23.4 Å². The lowest BCUT2D eigenvalue weighted by molar-refractivity contribution is 0.0736. The van der Waals surface area contributed by atoms with Crippen LogP contribution in [0.15, 0.2) is 12.1 Å². The minimum atomic E-state index is 0.0618. The van der Waals surface area contributed by atoms with E-state index in [-0.39, 0.29) is 11.9 Å². The van der Waals surface area contributed by atoms with E-state index in [1.54, 1.807) is 0 Å². The molecular weight excluding hydrogens is 250 g/mol. The average Bonchev–Trinajstić information content (AvgIpc) is 2.45. The molecule has 0 fully saturated rings. The normalized spacial score (nSPS) is 12.3. The molecule has 1 heterocycles. The number of anilines is 1. The van der Waals surface area contributed by atoms with Crippen molar-refractivity contribution in [2.24, 2.45) is 0 Å². The van der Waals surface area contributed by atoms with Crippen molar-refractivity contribution >= 4 is 11.7 Å². The van der Waals surface area contributed by atoms with Gasteiger partial charge in [-0.3, -0.25) is 4.79 Å². The van der Waals surface area contributed by atoms with E-state index in [0.717, 1.165) is 24.4 Å². The third-order valence-electron chi connectivity index (χ3n) is 3.63. The van der Waals surface area contributed by atoms with Crippen LogP contribution in [0.25, 0.3) is 0 Å². The van der Waals surface area contributed by atoms with Crippen molar-refractivity contribution in [2.75, 3.05) is 19.4 Å². The van der Waals surface area contributed by atoms with E-state index in [0.29, 0.717) is 11.5 Å². The molecule has 1 aromatic heterocycles. The smallest absolute Gasteiger partial charge is 0.254 e. The number of hydrogen-bond acceptors (Lipinski definition) is 3. The van der Waals surface area contributed by atoms with Crippen molar-refractivity contribution in [2.45, 2.75) is 52.5 Å². The number of carbonyl (C=O) groups is 1. The molecule has 1 atom stereocenters. The highest BCUT2D eigenvalue weighted by Gasteiger charge is 2.18. The molecule has 0 aliphatic heterocycles. The molecule has 4 heteroatoms. The maximum atomic E-state index is 12.6. The molecule has 0 radical (unpaired) electrons. The third kappa shape index (κ3) is 3.95. The summed E-state index contributed by atoms with van der Waals surface area (Å²) >= 11 is 0. The highest BCUT2D eigenvalue weighted by molar-refractivity contribution is 5.95. The summed E-state index contributed by atoms with van der Waals surface area (Å²) in [6.45, 7) is 8.39. The molecule has 0 aliphatic rings. The first-order valence-electron chi connectivity index (χ1n) is 7.37. The highest BCUT2D eigenvalue weighted by atomic mass is 16.2. The summed E-state index contributed by atoms with van der Waals surface area (Å²) in [5.74, 6) is 1.11. The number of aromatic nitrogens is 1. The van der Waals surface area contributed by atoms with Crippen LogP contribution in [-0.2, 0) is 0 Å². The third-order valence-corrected chi connectivity index (χ3v) is 3.63. The van der Waals surface area contributed by atoms with Gasteiger partial charge >= 0.3 is 0 Å². The largest absolute Gasteiger partial charge is 0.373 e. The van der Waals surface area contributed by atoms with E-state index >= 15 is 0 Å². The van der Waals surface area contributed by atoms with Crippen LogP contribution in [0.2, 0.25) is 0 Å². The molecule has 4 nitrogen and oxygen atoms in total. The van der Waals surface area contributed by atoms with Gasteiger partial charge in [-0.15, -0.1) is 0 Å². The Bertz CT molecular complexity index is 457. The minimum absolute atomic E-state index is 0.0618. The van der Waals surface area contributed by atoms with E-state index in [1.807, 2.05) is 31.1 Å². The molecule has 0 saturated carbocycles. The van der Waals surface area contributed by atoms with Crippen LogP contribution in [0.3, 0.4) is 0 Å². The van der Waals surface area contributed by atoms with Gasteiger partial charge in [0.1, 0.15) is 5.82 Å². The molecular formula is C16H27N3O. The van der Waals surface area contributed by atoms with Gasteiger partial charge in [0.15, 0.2) is 0 Å². The first-order chi connectivity index (χ1) is 9.40. The fraction of sp³-hybridized carbons (Fsp3) is 0.625. The second kappa shape index (κ2) is 7.27. The number of rotatable bonds is 6. The van der Waals surface area contributed by atoms with Crippen LogP contribution in [0, 0.1) is 0 Å². The Morgan fingerprint density at radius 3 is 2.50 bits per heavy atom. The fourth-order valence-electron chi connectivity index (χ4n) is 2.11. The van der Waals surface area contributed by atoms with E-state index in [1.165, 1.54) is 0 Å². The zero-order valence-corrected chi connectivity index (χ0v) is 13.5. The van der Waals surface area contributed by atoms with Crippen LogP contribution in [0.1, 0.15) is 62.5 Å². The molecule has 0 aromatic carbocycles. The summed E-state index contributed by atoms with van der Waals surface area (Å²) in [4.78, 5) is 18.9. The van der Waals surface area contributed by atoms with Gasteiger partial charge in [0.2, 0.25) is 0 Å². The lowest BCUT2D eigenvalue weighted by atomic mass is 10.1. The monoisotopic (exact) mass is 277 g/mol. The van der Waals surface area contributed by atoms with Gasteiger partial charge in [0, 0.05) is 31.4 Å². The maximum absolute atomic E-state index is 12.6. The Morgan fingerprint density at radius 1 is 1.35 bits per heavy atom. The molecule has 0 spiro atoms. The topological polar surface area (TPSA) is 45.2 Å². The predicted octanol–water partition coefficient (Wildman–Crippen LogP) is 3.51. The van der Waals surface area contributed by atoms with E-state index < -0.39 is 0 Å². The Balaban J connectivity index is 3.05. The number of carbonyl (C=O) groups excluding carboxylic acids is 1.